The second-order valence-corrected chi connectivity index (χ2v) is 5.40. The largest absolute Gasteiger partial charge is 0.416 e. The third-order valence-corrected chi connectivity index (χ3v) is 4.02. The summed E-state index contributed by atoms with van der Waals surface area (Å²) in [6.07, 6.45) is -4.39. The first-order chi connectivity index (χ1) is 9.79. The predicted octanol–water partition coefficient (Wildman–Crippen LogP) is 1.92. The Balaban J connectivity index is 2.08. The quantitative estimate of drug-likeness (QED) is 0.845. The van der Waals surface area contributed by atoms with Gasteiger partial charge in [0.15, 0.2) is 5.16 Å². The third kappa shape index (κ3) is 3.67. The molecule has 2 rings (SSSR count). The maximum absolute atomic E-state index is 12.6. The van der Waals surface area contributed by atoms with Crippen LogP contribution in [0.25, 0.3) is 0 Å². The van der Waals surface area contributed by atoms with Crippen LogP contribution in [0.1, 0.15) is 17.2 Å². The van der Waals surface area contributed by atoms with Crippen LogP contribution in [0.3, 0.4) is 0 Å². The van der Waals surface area contributed by atoms with Gasteiger partial charge < -0.3 is 5.73 Å². The van der Waals surface area contributed by atoms with Gasteiger partial charge in [0, 0.05) is 18.8 Å². The number of alkyl halides is 3. The van der Waals surface area contributed by atoms with Crippen LogP contribution in [-0.4, -0.2) is 20.5 Å². The molecule has 0 aliphatic rings. The number of H-pyrrole nitrogens is 1. The van der Waals surface area contributed by atoms with Crippen LogP contribution in [0, 0.1) is 0 Å². The lowest BCUT2D eigenvalue weighted by Gasteiger charge is -2.14. The first kappa shape index (κ1) is 15.6. The zero-order valence-corrected chi connectivity index (χ0v) is 11.8. The van der Waals surface area contributed by atoms with Crippen molar-refractivity contribution in [3.63, 3.8) is 0 Å². The molecule has 0 aliphatic heterocycles. The minimum absolute atomic E-state index is 0.305. The molecule has 0 spiro atoms. The van der Waals surface area contributed by atoms with Gasteiger partial charge in [-0.25, -0.2) is 9.89 Å². The van der Waals surface area contributed by atoms with Crippen molar-refractivity contribution < 1.29 is 13.2 Å². The van der Waals surface area contributed by atoms with Crippen LogP contribution >= 0.6 is 11.8 Å². The summed E-state index contributed by atoms with van der Waals surface area (Å²) in [5.41, 5.74) is 5.20. The molecule has 3 N–H and O–H groups in total. The van der Waals surface area contributed by atoms with E-state index in [0.29, 0.717) is 16.5 Å². The Morgan fingerprint density at radius 3 is 2.76 bits per heavy atom. The number of aromatic amines is 1. The number of nitrogens with one attached hydrogen (secondary N) is 1. The predicted molar refractivity (Wildman–Crippen MR) is 72.9 cm³/mol. The fourth-order valence-electron chi connectivity index (χ4n) is 1.67. The Kier molecular flexibility index (Phi) is 4.43. The van der Waals surface area contributed by atoms with Crippen molar-refractivity contribution in [1.29, 1.82) is 0 Å². The van der Waals surface area contributed by atoms with Crippen molar-refractivity contribution in [1.82, 2.24) is 14.8 Å². The molecule has 0 radical (unpaired) electrons. The molecule has 0 amide bonds. The Hall–Kier alpha value is -1.74. The Labute approximate surface area is 122 Å². The van der Waals surface area contributed by atoms with Crippen LogP contribution < -0.4 is 11.4 Å². The molecule has 1 atom stereocenters. The normalized spacial score (nSPS) is 13.4. The summed E-state index contributed by atoms with van der Waals surface area (Å²) < 4.78 is 39.2. The number of nitrogens with zero attached hydrogens (tertiary/aromatic N) is 2. The highest BCUT2D eigenvalue weighted by molar-refractivity contribution is 7.99. The molecular formula is C12H13F3N4OS. The van der Waals surface area contributed by atoms with E-state index in [4.69, 9.17) is 5.73 Å². The van der Waals surface area contributed by atoms with Crippen LogP contribution in [0.15, 0.2) is 34.2 Å². The molecule has 9 heteroatoms. The highest BCUT2D eigenvalue weighted by Gasteiger charge is 2.30. The van der Waals surface area contributed by atoms with E-state index in [1.54, 1.807) is 13.1 Å². The number of aromatic nitrogens is 3. The molecule has 0 saturated heterocycles. The zero-order chi connectivity index (χ0) is 15.6. The van der Waals surface area contributed by atoms with Gasteiger partial charge in [0.2, 0.25) is 0 Å². The summed E-state index contributed by atoms with van der Waals surface area (Å²) in [6, 6.07) is 4.32. The van der Waals surface area contributed by atoms with Gasteiger partial charge in [-0.1, -0.05) is 23.9 Å². The van der Waals surface area contributed by atoms with E-state index in [0.717, 1.165) is 12.1 Å². The molecule has 5 nitrogen and oxygen atoms in total. The average Bonchev–Trinajstić information content (AvgIpc) is 2.75. The highest BCUT2D eigenvalue weighted by atomic mass is 32.2. The number of nitrogens with two attached hydrogens (primary N) is 1. The molecule has 0 saturated carbocycles. The Morgan fingerprint density at radius 1 is 1.48 bits per heavy atom. The van der Waals surface area contributed by atoms with Gasteiger partial charge >= 0.3 is 11.9 Å². The van der Waals surface area contributed by atoms with E-state index in [-0.39, 0.29) is 5.69 Å². The van der Waals surface area contributed by atoms with Crippen molar-refractivity contribution >= 4 is 11.8 Å². The summed E-state index contributed by atoms with van der Waals surface area (Å²) in [5, 5.41) is 6.50. The topological polar surface area (TPSA) is 76.7 Å². The molecule has 0 aliphatic carbocycles. The van der Waals surface area contributed by atoms with Crippen molar-refractivity contribution in [2.45, 2.75) is 17.4 Å². The molecule has 0 bridgehead atoms. The van der Waals surface area contributed by atoms with E-state index >= 15 is 0 Å². The van der Waals surface area contributed by atoms with E-state index in [1.165, 1.54) is 22.4 Å². The maximum atomic E-state index is 12.6. The first-order valence-electron chi connectivity index (χ1n) is 5.96. The molecular weight excluding hydrogens is 305 g/mol. The number of thioether (sulfide) groups is 1. The monoisotopic (exact) mass is 318 g/mol. The molecule has 1 unspecified atom stereocenters. The van der Waals surface area contributed by atoms with Crippen LogP contribution in [0.2, 0.25) is 0 Å². The molecule has 21 heavy (non-hydrogen) atoms. The molecule has 1 aromatic carbocycles. The molecule has 1 heterocycles. The van der Waals surface area contributed by atoms with Gasteiger partial charge in [-0.05, 0) is 17.7 Å². The summed E-state index contributed by atoms with van der Waals surface area (Å²) in [5.74, 6) is 0.305. The highest BCUT2D eigenvalue weighted by Crippen LogP contribution is 2.31. The minimum atomic E-state index is -4.39. The molecule has 0 fully saturated rings. The molecule has 1 aromatic heterocycles. The average molecular weight is 318 g/mol. The number of halogens is 3. The van der Waals surface area contributed by atoms with Crippen molar-refractivity contribution in [3.8, 4) is 0 Å². The standard InChI is InChI=1S/C12H13F3N4OS/c1-19-10(20)17-18-11(19)21-6-9(16)7-3-2-4-8(5-7)12(13,14)15/h2-5,9H,6,16H2,1H3,(H,17,20). The fraction of sp³-hybridized carbons (Fsp3) is 0.333. The molecule has 114 valence electrons. The van der Waals surface area contributed by atoms with Crippen molar-refractivity contribution in [3.05, 3.63) is 45.9 Å². The number of hydrogen-bond donors (Lipinski definition) is 2. The summed E-state index contributed by atoms with van der Waals surface area (Å²) in [6.45, 7) is 0. The maximum Gasteiger partial charge on any atom is 0.416 e. The number of hydrogen-bond acceptors (Lipinski definition) is 4. The van der Waals surface area contributed by atoms with E-state index in [2.05, 4.69) is 10.2 Å². The van der Waals surface area contributed by atoms with Crippen LogP contribution in [-0.2, 0) is 13.2 Å². The Morgan fingerprint density at radius 2 is 2.19 bits per heavy atom. The van der Waals surface area contributed by atoms with Crippen molar-refractivity contribution in [2.24, 2.45) is 12.8 Å². The van der Waals surface area contributed by atoms with Gasteiger partial charge in [-0.3, -0.25) is 4.57 Å². The van der Waals surface area contributed by atoms with Gasteiger partial charge in [0.1, 0.15) is 0 Å². The van der Waals surface area contributed by atoms with Gasteiger partial charge in [-0.2, -0.15) is 13.2 Å². The Bertz CT molecular complexity index is 680. The lowest BCUT2D eigenvalue weighted by Crippen LogP contribution is -2.16. The zero-order valence-electron chi connectivity index (χ0n) is 11.0. The third-order valence-electron chi connectivity index (χ3n) is 2.87. The minimum Gasteiger partial charge on any atom is -0.323 e. The first-order valence-corrected chi connectivity index (χ1v) is 6.94. The van der Waals surface area contributed by atoms with Crippen LogP contribution in [0.5, 0.6) is 0 Å². The second kappa shape index (κ2) is 5.94. The van der Waals surface area contributed by atoms with Crippen molar-refractivity contribution in [2.75, 3.05) is 5.75 Å². The smallest absolute Gasteiger partial charge is 0.323 e. The number of benzene rings is 1. The summed E-state index contributed by atoms with van der Waals surface area (Å²) in [7, 11) is 1.55. The summed E-state index contributed by atoms with van der Waals surface area (Å²) >= 11 is 1.20. The number of rotatable bonds is 4. The molecule has 2 aromatic rings. The SMILES string of the molecule is Cn1c(SCC(N)c2cccc(C(F)(F)F)c2)n[nH]c1=O. The van der Waals surface area contributed by atoms with Gasteiger partial charge in [0.25, 0.3) is 0 Å². The lowest BCUT2D eigenvalue weighted by molar-refractivity contribution is -0.137. The summed E-state index contributed by atoms with van der Waals surface area (Å²) in [4.78, 5) is 11.2. The van der Waals surface area contributed by atoms with Gasteiger partial charge in [0.05, 0.1) is 5.56 Å². The second-order valence-electron chi connectivity index (χ2n) is 4.41. The lowest BCUT2D eigenvalue weighted by atomic mass is 10.1. The fourth-order valence-corrected chi connectivity index (χ4v) is 2.58. The van der Waals surface area contributed by atoms with E-state index in [9.17, 15) is 18.0 Å². The van der Waals surface area contributed by atoms with Crippen LogP contribution in [0.4, 0.5) is 13.2 Å². The van der Waals surface area contributed by atoms with E-state index < -0.39 is 17.8 Å². The van der Waals surface area contributed by atoms with E-state index in [1.807, 2.05) is 0 Å². The van der Waals surface area contributed by atoms with Gasteiger partial charge in [-0.15, -0.1) is 5.10 Å².